The summed E-state index contributed by atoms with van der Waals surface area (Å²) in [7, 11) is 2.17. The molecule has 0 fully saturated rings. The second-order valence-electron chi connectivity index (χ2n) is 5.86. The maximum absolute atomic E-state index is 4.56. The molecule has 1 rings (SSSR count). The molecule has 0 spiro atoms. The first-order valence-electron chi connectivity index (χ1n) is 7.35. The third-order valence-corrected chi connectivity index (χ3v) is 3.94. The molecule has 0 radical (unpaired) electrons. The Labute approximate surface area is 118 Å². The summed E-state index contributed by atoms with van der Waals surface area (Å²) < 4.78 is 0. The van der Waals surface area contributed by atoms with Gasteiger partial charge in [-0.15, -0.1) is 0 Å². The second-order valence-corrected chi connectivity index (χ2v) is 5.86. The Balaban J connectivity index is 2.52. The first-order valence-corrected chi connectivity index (χ1v) is 7.35. The smallest absolute Gasteiger partial charge is 0.0544 e. The van der Waals surface area contributed by atoms with Crippen LogP contribution in [0.5, 0.6) is 0 Å². The minimum absolute atomic E-state index is 0.225. The molecule has 0 bridgehead atoms. The number of aromatic nitrogens is 1. The van der Waals surface area contributed by atoms with E-state index in [1.807, 2.05) is 6.20 Å². The van der Waals surface area contributed by atoms with Gasteiger partial charge in [0, 0.05) is 24.8 Å². The fourth-order valence-electron chi connectivity index (χ4n) is 1.79. The molecule has 19 heavy (non-hydrogen) atoms. The lowest BCUT2D eigenvalue weighted by Gasteiger charge is -2.34. The molecular formula is C16H29N3. The molecule has 0 atom stereocenters. The zero-order valence-corrected chi connectivity index (χ0v) is 13.2. The summed E-state index contributed by atoms with van der Waals surface area (Å²) in [5.74, 6) is 0. The van der Waals surface area contributed by atoms with Crippen molar-refractivity contribution in [3.8, 4) is 0 Å². The van der Waals surface area contributed by atoms with E-state index in [1.54, 1.807) is 0 Å². The molecule has 3 heteroatoms. The third-order valence-electron chi connectivity index (χ3n) is 3.94. The molecule has 0 aliphatic rings. The number of nitrogens with one attached hydrogen (secondary N) is 1. The van der Waals surface area contributed by atoms with Gasteiger partial charge in [0.1, 0.15) is 0 Å². The summed E-state index contributed by atoms with van der Waals surface area (Å²) in [4.78, 5) is 6.93. The summed E-state index contributed by atoms with van der Waals surface area (Å²) in [5, 5.41) is 3.39. The molecule has 0 saturated carbocycles. The van der Waals surface area contributed by atoms with Gasteiger partial charge in [0.25, 0.3) is 0 Å². The Morgan fingerprint density at radius 2 is 2.00 bits per heavy atom. The van der Waals surface area contributed by atoms with E-state index in [0.29, 0.717) is 0 Å². The van der Waals surface area contributed by atoms with Crippen LogP contribution in [-0.2, 0) is 13.1 Å². The monoisotopic (exact) mass is 263 g/mol. The van der Waals surface area contributed by atoms with E-state index in [4.69, 9.17) is 0 Å². The van der Waals surface area contributed by atoms with Crippen LogP contribution >= 0.6 is 0 Å². The largest absolute Gasteiger partial charge is 0.313 e. The minimum atomic E-state index is 0.225. The molecule has 1 N–H and O–H groups in total. The number of hydrogen-bond acceptors (Lipinski definition) is 3. The van der Waals surface area contributed by atoms with Crippen molar-refractivity contribution in [2.45, 2.75) is 59.2 Å². The van der Waals surface area contributed by atoms with Crippen LogP contribution < -0.4 is 5.32 Å². The van der Waals surface area contributed by atoms with Gasteiger partial charge in [0.15, 0.2) is 0 Å². The zero-order chi connectivity index (χ0) is 14.3. The molecule has 3 nitrogen and oxygen atoms in total. The van der Waals surface area contributed by atoms with E-state index in [1.165, 1.54) is 12.0 Å². The maximum Gasteiger partial charge on any atom is 0.0544 e. The first kappa shape index (κ1) is 16.1. The maximum atomic E-state index is 4.56. The van der Waals surface area contributed by atoms with Crippen LogP contribution in [0.25, 0.3) is 0 Å². The molecule has 0 unspecified atom stereocenters. The Morgan fingerprint density at radius 3 is 2.53 bits per heavy atom. The van der Waals surface area contributed by atoms with Crippen LogP contribution in [0.3, 0.4) is 0 Å². The standard InChI is InChI=1S/C16H29N3/c1-6-10-17-11-14-8-9-15(18-12-14)13-19(5)16(3,4)7-2/h8-9,12,17H,6-7,10-11,13H2,1-5H3. The van der Waals surface area contributed by atoms with Gasteiger partial charge in [0.05, 0.1) is 5.69 Å². The van der Waals surface area contributed by atoms with Gasteiger partial charge in [-0.2, -0.15) is 0 Å². The highest BCUT2D eigenvalue weighted by molar-refractivity contribution is 5.14. The van der Waals surface area contributed by atoms with E-state index in [0.717, 1.165) is 31.7 Å². The highest BCUT2D eigenvalue weighted by Crippen LogP contribution is 2.18. The molecule has 0 aliphatic carbocycles. The van der Waals surface area contributed by atoms with Crippen molar-refractivity contribution in [2.24, 2.45) is 0 Å². The summed E-state index contributed by atoms with van der Waals surface area (Å²) in [6.45, 7) is 11.8. The second kappa shape index (κ2) is 7.61. The molecule has 1 heterocycles. The number of nitrogens with zero attached hydrogens (tertiary/aromatic N) is 2. The lowest BCUT2D eigenvalue weighted by Crippen LogP contribution is -2.39. The minimum Gasteiger partial charge on any atom is -0.313 e. The van der Waals surface area contributed by atoms with Crippen LogP contribution in [0, 0.1) is 0 Å². The normalized spacial score (nSPS) is 12.1. The molecule has 0 saturated heterocycles. The van der Waals surface area contributed by atoms with Gasteiger partial charge in [-0.25, -0.2) is 0 Å². The summed E-state index contributed by atoms with van der Waals surface area (Å²) in [6.07, 6.45) is 4.30. The van der Waals surface area contributed by atoms with Crippen molar-refractivity contribution in [2.75, 3.05) is 13.6 Å². The van der Waals surface area contributed by atoms with Gasteiger partial charge in [-0.05, 0) is 51.9 Å². The highest BCUT2D eigenvalue weighted by atomic mass is 15.2. The van der Waals surface area contributed by atoms with Gasteiger partial charge >= 0.3 is 0 Å². The van der Waals surface area contributed by atoms with Crippen molar-refractivity contribution in [3.63, 3.8) is 0 Å². The van der Waals surface area contributed by atoms with Crippen molar-refractivity contribution in [3.05, 3.63) is 29.6 Å². The van der Waals surface area contributed by atoms with Crippen LogP contribution in [0.15, 0.2) is 18.3 Å². The molecule has 0 aliphatic heterocycles. The van der Waals surface area contributed by atoms with E-state index in [-0.39, 0.29) is 5.54 Å². The number of hydrogen-bond donors (Lipinski definition) is 1. The Morgan fingerprint density at radius 1 is 1.26 bits per heavy atom. The molecule has 0 aromatic carbocycles. The summed E-state index contributed by atoms with van der Waals surface area (Å²) in [5.41, 5.74) is 2.63. The molecule has 1 aromatic heterocycles. The van der Waals surface area contributed by atoms with E-state index >= 15 is 0 Å². The molecular weight excluding hydrogens is 234 g/mol. The van der Waals surface area contributed by atoms with Gasteiger partial charge in [0.2, 0.25) is 0 Å². The summed E-state index contributed by atoms with van der Waals surface area (Å²) in [6, 6.07) is 4.32. The third kappa shape index (κ3) is 5.29. The van der Waals surface area contributed by atoms with E-state index < -0.39 is 0 Å². The summed E-state index contributed by atoms with van der Waals surface area (Å²) >= 11 is 0. The number of rotatable bonds is 8. The molecule has 108 valence electrons. The van der Waals surface area contributed by atoms with E-state index in [2.05, 4.69) is 62.1 Å². The molecule has 0 amide bonds. The highest BCUT2D eigenvalue weighted by Gasteiger charge is 2.21. The predicted octanol–water partition coefficient (Wildman–Crippen LogP) is 3.20. The van der Waals surface area contributed by atoms with Gasteiger partial charge < -0.3 is 5.32 Å². The van der Waals surface area contributed by atoms with Crippen molar-refractivity contribution < 1.29 is 0 Å². The van der Waals surface area contributed by atoms with Crippen molar-refractivity contribution >= 4 is 0 Å². The van der Waals surface area contributed by atoms with Crippen LogP contribution in [-0.4, -0.2) is 29.0 Å². The van der Waals surface area contributed by atoms with Crippen LogP contribution in [0.1, 0.15) is 51.8 Å². The average Bonchev–Trinajstić information content (AvgIpc) is 2.41. The fourth-order valence-corrected chi connectivity index (χ4v) is 1.79. The molecule has 1 aromatic rings. The lowest BCUT2D eigenvalue weighted by molar-refractivity contribution is 0.141. The lowest BCUT2D eigenvalue weighted by atomic mass is 10.00. The fraction of sp³-hybridized carbons (Fsp3) is 0.688. The van der Waals surface area contributed by atoms with Crippen molar-refractivity contribution in [1.82, 2.24) is 15.2 Å². The Bertz CT molecular complexity index is 357. The predicted molar refractivity (Wildman–Crippen MR) is 82.1 cm³/mol. The van der Waals surface area contributed by atoms with Crippen LogP contribution in [0.2, 0.25) is 0 Å². The average molecular weight is 263 g/mol. The quantitative estimate of drug-likeness (QED) is 0.730. The van der Waals surface area contributed by atoms with Crippen LogP contribution in [0.4, 0.5) is 0 Å². The topological polar surface area (TPSA) is 28.2 Å². The first-order chi connectivity index (χ1) is 8.99. The Hall–Kier alpha value is -0.930. The van der Waals surface area contributed by atoms with E-state index in [9.17, 15) is 0 Å². The van der Waals surface area contributed by atoms with Gasteiger partial charge in [-0.3, -0.25) is 9.88 Å². The van der Waals surface area contributed by atoms with Gasteiger partial charge in [-0.1, -0.05) is 19.9 Å². The number of pyridine rings is 1. The zero-order valence-electron chi connectivity index (χ0n) is 13.2. The van der Waals surface area contributed by atoms with Crippen molar-refractivity contribution in [1.29, 1.82) is 0 Å². The Kier molecular flexibility index (Phi) is 6.46. The SMILES string of the molecule is CCCNCc1ccc(CN(C)C(C)(C)CC)nc1.